The maximum Gasteiger partial charge on any atom is 0.124 e. The molecule has 0 spiro atoms. The van der Waals surface area contributed by atoms with E-state index in [1.54, 1.807) is 7.11 Å². The Labute approximate surface area is 115 Å². The summed E-state index contributed by atoms with van der Waals surface area (Å²) in [6, 6.07) is 7.24. The first-order valence-corrected chi connectivity index (χ1v) is 7.38. The number of hydrogen-bond acceptors (Lipinski definition) is 3. The molecule has 3 atom stereocenters. The zero-order valence-corrected chi connectivity index (χ0v) is 11.8. The normalized spacial score (nSPS) is 28.4. The highest BCUT2D eigenvalue weighted by Crippen LogP contribution is 2.40. The zero-order chi connectivity index (χ0) is 13.2. The summed E-state index contributed by atoms with van der Waals surface area (Å²) in [5.41, 5.74) is 1.26. The second-order valence-corrected chi connectivity index (χ2v) is 5.65. The smallest absolute Gasteiger partial charge is 0.124 e. The summed E-state index contributed by atoms with van der Waals surface area (Å²) in [6.45, 7) is 3.08. The maximum absolute atomic E-state index is 5.73. The van der Waals surface area contributed by atoms with E-state index in [9.17, 15) is 0 Å². The van der Waals surface area contributed by atoms with Gasteiger partial charge in [0.05, 0.1) is 13.7 Å². The van der Waals surface area contributed by atoms with E-state index in [0.29, 0.717) is 12.1 Å². The standard InChI is InChI=1S/C16H23NO2/c1-3-4-11-9-15(11)17-14-7-8-19-16-6-5-12(18-2)10-13(14)16/h5-6,10-11,14-15,17H,3-4,7-9H2,1-2H3. The van der Waals surface area contributed by atoms with Gasteiger partial charge in [0.15, 0.2) is 0 Å². The SMILES string of the molecule is CCCC1CC1NC1CCOc2ccc(OC)cc21. The number of methoxy groups -OCH3 is 1. The van der Waals surface area contributed by atoms with E-state index in [1.807, 2.05) is 12.1 Å². The first kappa shape index (κ1) is 12.8. The van der Waals surface area contributed by atoms with Crippen molar-refractivity contribution < 1.29 is 9.47 Å². The van der Waals surface area contributed by atoms with Gasteiger partial charge in [-0.3, -0.25) is 0 Å². The Balaban J connectivity index is 1.71. The molecule has 1 aromatic rings. The van der Waals surface area contributed by atoms with Crippen molar-refractivity contribution in [2.45, 2.75) is 44.7 Å². The van der Waals surface area contributed by atoms with Gasteiger partial charge in [-0.15, -0.1) is 0 Å². The van der Waals surface area contributed by atoms with Crippen molar-refractivity contribution in [1.29, 1.82) is 0 Å². The van der Waals surface area contributed by atoms with Gasteiger partial charge in [0.1, 0.15) is 11.5 Å². The molecule has 3 unspecified atom stereocenters. The second kappa shape index (κ2) is 5.41. The second-order valence-electron chi connectivity index (χ2n) is 5.65. The lowest BCUT2D eigenvalue weighted by atomic mass is 10.00. The molecule has 0 radical (unpaired) electrons. The van der Waals surface area contributed by atoms with E-state index in [1.165, 1.54) is 24.8 Å². The molecule has 3 nitrogen and oxygen atoms in total. The van der Waals surface area contributed by atoms with Gasteiger partial charge < -0.3 is 14.8 Å². The van der Waals surface area contributed by atoms with E-state index in [-0.39, 0.29) is 0 Å². The molecule has 1 aliphatic carbocycles. The summed E-state index contributed by atoms with van der Waals surface area (Å²) in [5.74, 6) is 2.82. The van der Waals surface area contributed by atoms with Crippen molar-refractivity contribution in [1.82, 2.24) is 5.32 Å². The predicted octanol–water partition coefficient (Wildman–Crippen LogP) is 3.30. The van der Waals surface area contributed by atoms with Gasteiger partial charge in [0.2, 0.25) is 0 Å². The Hall–Kier alpha value is -1.22. The molecule has 1 N–H and O–H groups in total. The summed E-state index contributed by atoms with van der Waals surface area (Å²) in [7, 11) is 1.71. The topological polar surface area (TPSA) is 30.5 Å². The average molecular weight is 261 g/mol. The van der Waals surface area contributed by atoms with Crippen LogP contribution >= 0.6 is 0 Å². The Morgan fingerprint density at radius 1 is 1.42 bits per heavy atom. The summed E-state index contributed by atoms with van der Waals surface area (Å²) in [5, 5.41) is 3.80. The van der Waals surface area contributed by atoms with Gasteiger partial charge >= 0.3 is 0 Å². The zero-order valence-electron chi connectivity index (χ0n) is 11.8. The third kappa shape index (κ3) is 2.71. The number of rotatable bonds is 5. The van der Waals surface area contributed by atoms with Crippen molar-refractivity contribution in [2.24, 2.45) is 5.92 Å². The monoisotopic (exact) mass is 261 g/mol. The molecular weight excluding hydrogens is 238 g/mol. The summed E-state index contributed by atoms with van der Waals surface area (Å²) < 4.78 is 11.1. The van der Waals surface area contributed by atoms with E-state index < -0.39 is 0 Å². The van der Waals surface area contributed by atoms with Crippen LogP contribution in [0.1, 0.15) is 44.2 Å². The first-order valence-electron chi connectivity index (χ1n) is 7.38. The van der Waals surface area contributed by atoms with Crippen LogP contribution in [-0.2, 0) is 0 Å². The highest BCUT2D eigenvalue weighted by molar-refractivity contribution is 5.43. The van der Waals surface area contributed by atoms with Crippen molar-refractivity contribution >= 4 is 0 Å². The quantitative estimate of drug-likeness (QED) is 0.882. The fraction of sp³-hybridized carbons (Fsp3) is 0.625. The molecule has 0 amide bonds. The highest BCUT2D eigenvalue weighted by atomic mass is 16.5. The molecule has 1 fully saturated rings. The average Bonchev–Trinajstić information content (AvgIpc) is 3.17. The number of hydrogen-bond donors (Lipinski definition) is 1. The fourth-order valence-corrected chi connectivity index (χ4v) is 3.07. The van der Waals surface area contributed by atoms with Gasteiger partial charge in [0.25, 0.3) is 0 Å². The Morgan fingerprint density at radius 2 is 2.32 bits per heavy atom. The summed E-state index contributed by atoms with van der Waals surface area (Å²) >= 11 is 0. The maximum atomic E-state index is 5.73. The molecule has 1 aromatic carbocycles. The minimum Gasteiger partial charge on any atom is -0.497 e. The molecular formula is C16H23NO2. The van der Waals surface area contributed by atoms with E-state index >= 15 is 0 Å². The van der Waals surface area contributed by atoms with Crippen LogP contribution in [0, 0.1) is 5.92 Å². The van der Waals surface area contributed by atoms with Crippen molar-refractivity contribution in [3.8, 4) is 11.5 Å². The molecule has 0 saturated heterocycles. The summed E-state index contributed by atoms with van der Waals surface area (Å²) in [4.78, 5) is 0. The van der Waals surface area contributed by atoms with Gasteiger partial charge in [-0.2, -0.15) is 0 Å². The summed E-state index contributed by atoms with van der Waals surface area (Å²) in [6.07, 6.45) is 5.03. The van der Waals surface area contributed by atoms with Crippen LogP contribution in [0.3, 0.4) is 0 Å². The minimum absolute atomic E-state index is 0.422. The van der Waals surface area contributed by atoms with Gasteiger partial charge in [0, 0.05) is 24.1 Å². The number of nitrogens with one attached hydrogen (secondary N) is 1. The molecule has 1 saturated carbocycles. The first-order chi connectivity index (χ1) is 9.31. The van der Waals surface area contributed by atoms with E-state index in [0.717, 1.165) is 30.4 Å². The van der Waals surface area contributed by atoms with Crippen molar-refractivity contribution in [3.05, 3.63) is 23.8 Å². The molecule has 3 heteroatoms. The molecule has 1 heterocycles. The molecule has 2 aliphatic rings. The fourth-order valence-electron chi connectivity index (χ4n) is 3.07. The van der Waals surface area contributed by atoms with Crippen LogP contribution in [0.4, 0.5) is 0 Å². The van der Waals surface area contributed by atoms with Crippen LogP contribution in [0.2, 0.25) is 0 Å². The molecule has 1 aliphatic heterocycles. The van der Waals surface area contributed by atoms with Gasteiger partial charge in [-0.1, -0.05) is 13.3 Å². The lowest BCUT2D eigenvalue weighted by Crippen LogP contribution is -2.29. The van der Waals surface area contributed by atoms with Crippen molar-refractivity contribution in [2.75, 3.05) is 13.7 Å². The molecule has 0 aromatic heterocycles. The number of fused-ring (bicyclic) bond motifs is 1. The van der Waals surface area contributed by atoms with Crippen LogP contribution in [0.5, 0.6) is 11.5 Å². The Kier molecular flexibility index (Phi) is 3.65. The minimum atomic E-state index is 0.422. The van der Waals surface area contributed by atoms with Crippen LogP contribution in [0.15, 0.2) is 18.2 Å². The predicted molar refractivity (Wildman–Crippen MR) is 75.8 cm³/mol. The number of benzene rings is 1. The lowest BCUT2D eigenvalue weighted by Gasteiger charge is -2.27. The molecule has 19 heavy (non-hydrogen) atoms. The van der Waals surface area contributed by atoms with Crippen LogP contribution < -0.4 is 14.8 Å². The van der Waals surface area contributed by atoms with Gasteiger partial charge in [-0.05, 0) is 37.0 Å². The molecule has 3 rings (SSSR count). The Morgan fingerprint density at radius 3 is 3.11 bits per heavy atom. The largest absolute Gasteiger partial charge is 0.497 e. The van der Waals surface area contributed by atoms with E-state index in [2.05, 4.69) is 18.3 Å². The van der Waals surface area contributed by atoms with Gasteiger partial charge in [-0.25, -0.2) is 0 Å². The van der Waals surface area contributed by atoms with Crippen LogP contribution in [-0.4, -0.2) is 19.8 Å². The third-order valence-corrected chi connectivity index (χ3v) is 4.25. The molecule has 0 bridgehead atoms. The Bertz CT molecular complexity index is 446. The third-order valence-electron chi connectivity index (χ3n) is 4.25. The van der Waals surface area contributed by atoms with E-state index in [4.69, 9.17) is 9.47 Å². The highest BCUT2D eigenvalue weighted by Gasteiger charge is 2.38. The molecule has 104 valence electrons. The van der Waals surface area contributed by atoms with Crippen molar-refractivity contribution in [3.63, 3.8) is 0 Å². The van der Waals surface area contributed by atoms with Crippen LogP contribution in [0.25, 0.3) is 0 Å². The lowest BCUT2D eigenvalue weighted by molar-refractivity contribution is 0.249. The number of ether oxygens (including phenoxy) is 2.